The number of amides is 1. The van der Waals surface area contributed by atoms with Crippen molar-refractivity contribution in [1.82, 2.24) is 5.32 Å². The molecule has 1 unspecified atom stereocenters. The molecule has 0 aromatic carbocycles. The molecule has 0 aromatic rings. The molecule has 100 valence electrons. The second kappa shape index (κ2) is 6.71. The van der Waals surface area contributed by atoms with Crippen LogP contribution < -0.4 is 11.1 Å². The lowest BCUT2D eigenvalue weighted by molar-refractivity contribution is -0.126. The molecular weight excluding hydrogens is 220 g/mol. The molecule has 0 bridgehead atoms. The van der Waals surface area contributed by atoms with Gasteiger partial charge in [-0.05, 0) is 26.2 Å². The minimum Gasteiger partial charge on any atom is -0.390 e. The lowest BCUT2D eigenvalue weighted by atomic mass is 9.94. The highest BCUT2D eigenvalue weighted by Gasteiger charge is 2.30. The number of carbonyl (C=O) groups excluding carboxylic acids is 2. The van der Waals surface area contributed by atoms with Crippen LogP contribution in [-0.4, -0.2) is 35.0 Å². The predicted octanol–water partition coefficient (Wildman–Crippen LogP) is 0.205. The number of aliphatic hydroxyl groups excluding tert-OH is 1. The van der Waals surface area contributed by atoms with Gasteiger partial charge in [0.15, 0.2) is 0 Å². The van der Waals surface area contributed by atoms with Crippen molar-refractivity contribution in [3.8, 4) is 0 Å². The number of hydrogen-bond acceptors (Lipinski definition) is 4. The van der Waals surface area contributed by atoms with Crippen molar-refractivity contribution in [3.05, 3.63) is 0 Å². The Morgan fingerprint density at radius 2 is 2.00 bits per heavy atom. The third-order valence-corrected chi connectivity index (χ3v) is 2.66. The molecule has 0 saturated heterocycles. The topological polar surface area (TPSA) is 92.4 Å². The smallest absolute Gasteiger partial charge is 0.237 e. The van der Waals surface area contributed by atoms with Crippen molar-refractivity contribution in [2.24, 2.45) is 11.7 Å². The summed E-state index contributed by atoms with van der Waals surface area (Å²) in [5.74, 6) is 0.0346. The Bertz CT molecular complexity index is 264. The van der Waals surface area contributed by atoms with Gasteiger partial charge < -0.3 is 21.0 Å². The molecular formula is C12H24N2O3. The number of nitrogens with two attached hydrogens (primary N) is 1. The van der Waals surface area contributed by atoms with Crippen LogP contribution in [0.2, 0.25) is 0 Å². The van der Waals surface area contributed by atoms with Crippen LogP contribution >= 0.6 is 0 Å². The van der Waals surface area contributed by atoms with Crippen molar-refractivity contribution >= 4 is 12.2 Å². The molecule has 0 spiro atoms. The molecule has 0 aromatic heterocycles. The molecule has 0 rings (SSSR count). The summed E-state index contributed by atoms with van der Waals surface area (Å²) in [6.07, 6.45) is 0.306. The number of aliphatic hydroxyl groups is 1. The maximum Gasteiger partial charge on any atom is 0.237 e. The normalized spacial score (nSPS) is 15.5. The highest BCUT2D eigenvalue weighted by Crippen LogP contribution is 2.12. The zero-order chi connectivity index (χ0) is 13.6. The van der Waals surface area contributed by atoms with Gasteiger partial charge in [0, 0.05) is 6.42 Å². The first kappa shape index (κ1) is 16.1. The summed E-state index contributed by atoms with van der Waals surface area (Å²) in [5.41, 5.74) is 4.88. The average Bonchev–Trinajstić information content (AvgIpc) is 2.16. The van der Waals surface area contributed by atoms with Gasteiger partial charge in [0.25, 0.3) is 0 Å². The van der Waals surface area contributed by atoms with E-state index < -0.39 is 17.7 Å². The summed E-state index contributed by atoms with van der Waals surface area (Å²) >= 11 is 0. The first-order valence-electron chi connectivity index (χ1n) is 5.90. The van der Waals surface area contributed by atoms with Crippen LogP contribution in [0.3, 0.4) is 0 Å². The van der Waals surface area contributed by atoms with Gasteiger partial charge in [-0.1, -0.05) is 13.8 Å². The Morgan fingerprint density at radius 1 is 1.47 bits per heavy atom. The first-order valence-corrected chi connectivity index (χ1v) is 5.90. The van der Waals surface area contributed by atoms with Crippen LogP contribution in [0.15, 0.2) is 0 Å². The molecule has 2 atom stereocenters. The second-order valence-corrected chi connectivity index (χ2v) is 5.37. The Morgan fingerprint density at radius 3 is 2.41 bits per heavy atom. The number of aldehydes is 1. The van der Waals surface area contributed by atoms with Crippen molar-refractivity contribution in [3.63, 3.8) is 0 Å². The van der Waals surface area contributed by atoms with E-state index >= 15 is 0 Å². The molecule has 0 aliphatic carbocycles. The van der Waals surface area contributed by atoms with Crippen molar-refractivity contribution < 1.29 is 14.7 Å². The maximum absolute atomic E-state index is 11.8. The lowest BCUT2D eigenvalue weighted by Gasteiger charge is -2.32. The standard InChI is InChI=1S/C12H24N2O3/c1-8(2)7-9(13)11(17)14-12(3,4)10(16)5-6-15/h6,8-10,16H,5,7,13H2,1-4H3,(H,14,17)/t9-,10?/m0/s1. The fraction of sp³-hybridized carbons (Fsp3) is 0.833. The summed E-state index contributed by atoms with van der Waals surface area (Å²) in [6, 6.07) is -0.585. The van der Waals surface area contributed by atoms with E-state index in [0.29, 0.717) is 18.6 Å². The third-order valence-electron chi connectivity index (χ3n) is 2.66. The molecule has 0 radical (unpaired) electrons. The molecule has 4 N–H and O–H groups in total. The molecule has 0 aliphatic heterocycles. The Hall–Kier alpha value is -0.940. The fourth-order valence-electron chi connectivity index (χ4n) is 1.49. The zero-order valence-electron chi connectivity index (χ0n) is 11.1. The summed E-state index contributed by atoms with van der Waals surface area (Å²) in [7, 11) is 0. The third kappa shape index (κ3) is 5.79. The summed E-state index contributed by atoms with van der Waals surface area (Å²) in [4.78, 5) is 22.1. The molecule has 1 amide bonds. The number of rotatable bonds is 7. The SMILES string of the molecule is CC(C)C[C@H](N)C(=O)NC(C)(C)C(O)CC=O. The highest BCUT2D eigenvalue weighted by atomic mass is 16.3. The van der Waals surface area contributed by atoms with E-state index in [-0.39, 0.29) is 12.3 Å². The first-order chi connectivity index (χ1) is 7.70. The molecule has 0 saturated carbocycles. The van der Waals surface area contributed by atoms with E-state index in [1.165, 1.54) is 0 Å². The van der Waals surface area contributed by atoms with E-state index in [2.05, 4.69) is 5.32 Å². The van der Waals surface area contributed by atoms with E-state index in [1.807, 2.05) is 13.8 Å². The number of carbonyl (C=O) groups is 2. The largest absolute Gasteiger partial charge is 0.390 e. The fourth-order valence-corrected chi connectivity index (χ4v) is 1.49. The van der Waals surface area contributed by atoms with Gasteiger partial charge in [0.2, 0.25) is 5.91 Å². The van der Waals surface area contributed by atoms with Crippen LogP contribution in [0.5, 0.6) is 0 Å². The van der Waals surface area contributed by atoms with Crippen LogP contribution in [0.25, 0.3) is 0 Å². The van der Waals surface area contributed by atoms with Crippen molar-refractivity contribution in [2.45, 2.75) is 58.2 Å². The highest BCUT2D eigenvalue weighted by molar-refractivity contribution is 5.82. The monoisotopic (exact) mass is 244 g/mol. The molecule has 0 aliphatic rings. The maximum atomic E-state index is 11.8. The van der Waals surface area contributed by atoms with E-state index in [1.54, 1.807) is 13.8 Å². The minimum atomic E-state index is -0.907. The van der Waals surface area contributed by atoms with Gasteiger partial charge in [-0.15, -0.1) is 0 Å². The molecule has 0 heterocycles. The van der Waals surface area contributed by atoms with Crippen LogP contribution in [-0.2, 0) is 9.59 Å². The zero-order valence-corrected chi connectivity index (χ0v) is 11.1. The van der Waals surface area contributed by atoms with Crippen LogP contribution in [0.4, 0.5) is 0 Å². The van der Waals surface area contributed by atoms with Gasteiger partial charge >= 0.3 is 0 Å². The summed E-state index contributed by atoms with van der Waals surface area (Å²) in [5, 5.41) is 12.4. The Balaban J connectivity index is 4.39. The average molecular weight is 244 g/mol. The summed E-state index contributed by atoms with van der Waals surface area (Å²) < 4.78 is 0. The molecule has 5 nitrogen and oxygen atoms in total. The Kier molecular flexibility index (Phi) is 6.34. The number of nitrogens with one attached hydrogen (secondary N) is 1. The minimum absolute atomic E-state index is 0.00724. The van der Waals surface area contributed by atoms with Gasteiger partial charge in [-0.2, -0.15) is 0 Å². The van der Waals surface area contributed by atoms with Gasteiger partial charge in [0.1, 0.15) is 6.29 Å². The predicted molar refractivity (Wildman–Crippen MR) is 66.3 cm³/mol. The Labute approximate surface area is 103 Å². The van der Waals surface area contributed by atoms with Crippen LogP contribution in [0, 0.1) is 5.92 Å². The van der Waals surface area contributed by atoms with E-state index in [4.69, 9.17) is 5.73 Å². The van der Waals surface area contributed by atoms with Crippen molar-refractivity contribution in [2.75, 3.05) is 0 Å². The van der Waals surface area contributed by atoms with E-state index in [9.17, 15) is 14.7 Å². The van der Waals surface area contributed by atoms with Gasteiger partial charge in [-0.25, -0.2) is 0 Å². The van der Waals surface area contributed by atoms with Crippen molar-refractivity contribution in [1.29, 1.82) is 0 Å². The van der Waals surface area contributed by atoms with Gasteiger partial charge in [-0.3, -0.25) is 4.79 Å². The lowest BCUT2D eigenvalue weighted by Crippen LogP contribution is -2.56. The molecule has 0 fully saturated rings. The molecule has 5 heteroatoms. The van der Waals surface area contributed by atoms with Gasteiger partial charge in [0.05, 0.1) is 17.7 Å². The second-order valence-electron chi connectivity index (χ2n) is 5.37. The van der Waals surface area contributed by atoms with Crippen LogP contribution in [0.1, 0.15) is 40.5 Å². The summed E-state index contributed by atoms with van der Waals surface area (Å²) in [6.45, 7) is 7.31. The number of hydrogen-bond donors (Lipinski definition) is 3. The quantitative estimate of drug-likeness (QED) is 0.558. The van der Waals surface area contributed by atoms with E-state index in [0.717, 1.165) is 0 Å². The molecule has 17 heavy (non-hydrogen) atoms.